The second-order valence-electron chi connectivity index (χ2n) is 6.37. The average molecular weight is 293 g/mol. The Balaban J connectivity index is 1.73. The molecule has 2 heterocycles. The van der Waals surface area contributed by atoms with Crippen LogP contribution in [0.15, 0.2) is 0 Å². The molecule has 1 fully saturated rings. The normalized spacial score (nSPS) is 23.9. The number of aryl methyl sites for hydroxylation is 1. The summed E-state index contributed by atoms with van der Waals surface area (Å²) in [5.41, 5.74) is 1.36. The SMILES string of the molecule is CCCNC1CCCc2sc(N3CCC(C)CC3)nc21. The van der Waals surface area contributed by atoms with Gasteiger partial charge in [-0.25, -0.2) is 4.98 Å². The number of piperidine rings is 1. The maximum atomic E-state index is 5.02. The van der Waals surface area contributed by atoms with Gasteiger partial charge in [-0.1, -0.05) is 13.8 Å². The molecule has 3 nitrogen and oxygen atoms in total. The Bertz CT molecular complexity index is 435. The van der Waals surface area contributed by atoms with Crippen LogP contribution in [0.4, 0.5) is 5.13 Å². The summed E-state index contributed by atoms with van der Waals surface area (Å²) >= 11 is 1.96. The van der Waals surface area contributed by atoms with Crippen molar-refractivity contribution in [2.75, 3.05) is 24.5 Å². The Kier molecular flexibility index (Phi) is 4.61. The standard InChI is InChI=1S/C16H27N3S/c1-3-9-17-13-5-4-6-14-15(13)18-16(20-14)19-10-7-12(2)8-11-19/h12-13,17H,3-11H2,1-2H3. The molecule has 2 aliphatic rings. The van der Waals surface area contributed by atoms with E-state index in [1.165, 1.54) is 62.4 Å². The summed E-state index contributed by atoms with van der Waals surface area (Å²) in [5.74, 6) is 0.889. The van der Waals surface area contributed by atoms with Gasteiger partial charge in [-0.3, -0.25) is 0 Å². The van der Waals surface area contributed by atoms with Crippen LogP contribution in [-0.4, -0.2) is 24.6 Å². The number of aromatic nitrogens is 1. The smallest absolute Gasteiger partial charge is 0.185 e. The zero-order valence-electron chi connectivity index (χ0n) is 12.8. The van der Waals surface area contributed by atoms with Crippen molar-refractivity contribution in [3.8, 4) is 0 Å². The van der Waals surface area contributed by atoms with Gasteiger partial charge in [0.05, 0.1) is 11.7 Å². The van der Waals surface area contributed by atoms with Gasteiger partial charge < -0.3 is 10.2 Å². The highest BCUT2D eigenvalue weighted by molar-refractivity contribution is 7.15. The van der Waals surface area contributed by atoms with E-state index in [0.717, 1.165) is 12.5 Å². The van der Waals surface area contributed by atoms with Crippen LogP contribution in [0.5, 0.6) is 0 Å². The monoisotopic (exact) mass is 293 g/mol. The molecule has 112 valence electrons. The quantitative estimate of drug-likeness (QED) is 0.916. The fourth-order valence-electron chi connectivity index (χ4n) is 3.26. The summed E-state index contributed by atoms with van der Waals surface area (Å²) in [5, 5.41) is 4.96. The zero-order chi connectivity index (χ0) is 13.9. The molecule has 3 rings (SSSR count). The van der Waals surface area contributed by atoms with Crippen molar-refractivity contribution in [3.63, 3.8) is 0 Å². The summed E-state index contributed by atoms with van der Waals surface area (Å²) in [6.07, 6.45) is 7.65. The highest BCUT2D eigenvalue weighted by Crippen LogP contribution is 2.37. The van der Waals surface area contributed by atoms with E-state index in [0.29, 0.717) is 6.04 Å². The largest absolute Gasteiger partial charge is 0.348 e. The number of hydrogen-bond donors (Lipinski definition) is 1. The van der Waals surface area contributed by atoms with Crippen molar-refractivity contribution in [3.05, 3.63) is 10.6 Å². The summed E-state index contributed by atoms with van der Waals surface area (Å²) in [6, 6.07) is 0.507. The first-order chi connectivity index (χ1) is 9.78. The van der Waals surface area contributed by atoms with E-state index in [9.17, 15) is 0 Å². The number of anilines is 1. The van der Waals surface area contributed by atoms with Gasteiger partial charge in [0.1, 0.15) is 0 Å². The summed E-state index contributed by atoms with van der Waals surface area (Å²) in [4.78, 5) is 9.07. The summed E-state index contributed by atoms with van der Waals surface area (Å²) < 4.78 is 0. The lowest BCUT2D eigenvalue weighted by Crippen LogP contribution is -2.32. The van der Waals surface area contributed by atoms with E-state index >= 15 is 0 Å². The van der Waals surface area contributed by atoms with Gasteiger partial charge in [0.15, 0.2) is 5.13 Å². The van der Waals surface area contributed by atoms with Crippen LogP contribution in [0.3, 0.4) is 0 Å². The summed E-state index contributed by atoms with van der Waals surface area (Å²) in [7, 11) is 0. The lowest BCUT2D eigenvalue weighted by atomic mass is 9.97. The minimum atomic E-state index is 0.507. The first-order valence-corrected chi connectivity index (χ1v) is 9.07. The predicted molar refractivity (Wildman–Crippen MR) is 86.7 cm³/mol. The second kappa shape index (κ2) is 6.44. The van der Waals surface area contributed by atoms with Crippen LogP contribution >= 0.6 is 11.3 Å². The average Bonchev–Trinajstić information content (AvgIpc) is 2.90. The predicted octanol–water partition coefficient (Wildman–Crippen LogP) is 3.76. The fourth-order valence-corrected chi connectivity index (χ4v) is 4.47. The molecular formula is C16H27N3S. The Morgan fingerprint density at radius 1 is 1.30 bits per heavy atom. The lowest BCUT2D eigenvalue weighted by Gasteiger charge is -2.29. The molecule has 0 saturated carbocycles. The Morgan fingerprint density at radius 2 is 2.10 bits per heavy atom. The number of nitrogens with one attached hydrogen (secondary N) is 1. The van der Waals surface area contributed by atoms with Gasteiger partial charge in [-0.2, -0.15) is 0 Å². The van der Waals surface area contributed by atoms with Crippen LogP contribution in [0.25, 0.3) is 0 Å². The molecule has 1 atom stereocenters. The molecule has 4 heteroatoms. The van der Waals surface area contributed by atoms with Crippen molar-refractivity contribution >= 4 is 16.5 Å². The van der Waals surface area contributed by atoms with Crippen LogP contribution < -0.4 is 10.2 Å². The molecule has 0 bridgehead atoms. The van der Waals surface area contributed by atoms with E-state index in [1.54, 1.807) is 4.88 Å². The zero-order valence-corrected chi connectivity index (χ0v) is 13.6. The molecule has 1 aliphatic carbocycles. The number of hydrogen-bond acceptors (Lipinski definition) is 4. The molecule has 0 spiro atoms. The minimum Gasteiger partial charge on any atom is -0.348 e. The van der Waals surface area contributed by atoms with E-state index in [4.69, 9.17) is 4.98 Å². The number of rotatable bonds is 4. The number of thiazole rings is 1. The molecule has 1 aromatic rings. The first-order valence-electron chi connectivity index (χ1n) is 8.26. The van der Waals surface area contributed by atoms with Gasteiger partial charge in [-0.05, 0) is 51.0 Å². The van der Waals surface area contributed by atoms with Crippen molar-refractivity contribution in [2.45, 2.75) is 58.4 Å². The minimum absolute atomic E-state index is 0.507. The molecule has 1 aliphatic heterocycles. The first kappa shape index (κ1) is 14.3. The van der Waals surface area contributed by atoms with Crippen molar-refractivity contribution in [2.24, 2.45) is 5.92 Å². The van der Waals surface area contributed by atoms with Gasteiger partial charge in [0.2, 0.25) is 0 Å². The Hall–Kier alpha value is -0.610. The molecule has 0 aromatic carbocycles. The van der Waals surface area contributed by atoms with Gasteiger partial charge in [0.25, 0.3) is 0 Å². The molecule has 20 heavy (non-hydrogen) atoms. The van der Waals surface area contributed by atoms with E-state index < -0.39 is 0 Å². The van der Waals surface area contributed by atoms with E-state index in [2.05, 4.69) is 24.1 Å². The molecule has 1 aromatic heterocycles. The van der Waals surface area contributed by atoms with Crippen molar-refractivity contribution in [1.82, 2.24) is 10.3 Å². The number of nitrogens with zero attached hydrogens (tertiary/aromatic N) is 2. The fraction of sp³-hybridized carbons (Fsp3) is 0.812. The van der Waals surface area contributed by atoms with Gasteiger partial charge >= 0.3 is 0 Å². The second-order valence-corrected chi connectivity index (χ2v) is 7.44. The van der Waals surface area contributed by atoms with Crippen LogP contribution in [-0.2, 0) is 6.42 Å². The maximum Gasteiger partial charge on any atom is 0.185 e. The van der Waals surface area contributed by atoms with Crippen LogP contribution in [0.2, 0.25) is 0 Å². The third-order valence-corrected chi connectivity index (χ3v) is 5.83. The van der Waals surface area contributed by atoms with Gasteiger partial charge in [0, 0.05) is 18.0 Å². The van der Waals surface area contributed by atoms with Crippen molar-refractivity contribution in [1.29, 1.82) is 0 Å². The van der Waals surface area contributed by atoms with Crippen molar-refractivity contribution < 1.29 is 0 Å². The Morgan fingerprint density at radius 3 is 2.85 bits per heavy atom. The molecule has 0 amide bonds. The van der Waals surface area contributed by atoms with E-state index in [-0.39, 0.29) is 0 Å². The molecule has 1 saturated heterocycles. The molecular weight excluding hydrogens is 266 g/mol. The highest BCUT2D eigenvalue weighted by Gasteiger charge is 2.26. The van der Waals surface area contributed by atoms with Crippen LogP contribution in [0.1, 0.15) is 62.6 Å². The summed E-state index contributed by atoms with van der Waals surface area (Å²) in [6.45, 7) is 8.10. The van der Waals surface area contributed by atoms with Gasteiger partial charge in [-0.15, -0.1) is 11.3 Å². The molecule has 1 N–H and O–H groups in total. The topological polar surface area (TPSA) is 28.2 Å². The maximum absolute atomic E-state index is 5.02. The third kappa shape index (κ3) is 3.01. The lowest BCUT2D eigenvalue weighted by molar-refractivity contribution is 0.435. The molecule has 0 radical (unpaired) electrons. The highest BCUT2D eigenvalue weighted by atomic mass is 32.1. The Labute approximate surface area is 126 Å². The molecule has 1 unspecified atom stereocenters. The van der Waals surface area contributed by atoms with E-state index in [1.807, 2.05) is 11.3 Å². The number of fused-ring (bicyclic) bond motifs is 1. The van der Waals surface area contributed by atoms with Crippen LogP contribution in [0, 0.1) is 5.92 Å². The third-order valence-electron chi connectivity index (χ3n) is 4.64.